The minimum atomic E-state index is -4.15. The molecule has 37 heavy (non-hydrogen) atoms. The molecule has 0 saturated carbocycles. The zero-order valence-corrected chi connectivity index (χ0v) is 21.5. The molecule has 1 saturated heterocycles. The van der Waals surface area contributed by atoms with Gasteiger partial charge in [-0.15, -0.1) is 0 Å². The summed E-state index contributed by atoms with van der Waals surface area (Å²) in [5.41, 5.74) is -1.05. The average Bonchev–Trinajstić information content (AvgIpc) is 3.24. The number of carbonyl (C=O) groups is 1. The number of aliphatic hydroxyl groups is 1. The molecule has 1 aromatic carbocycles. The maximum Gasteiger partial charge on any atom is 0.459 e. The van der Waals surface area contributed by atoms with E-state index in [0.717, 1.165) is 4.57 Å². The molecule has 3 unspecified atom stereocenters. The molecular weight excluding hydrogens is 505 g/mol. The Kier molecular flexibility index (Phi) is 9.79. The number of aromatic amines is 1. The fraction of sp³-hybridized carbons (Fsp3) is 0.375. The van der Waals surface area contributed by atoms with Crippen LogP contribution in [0.25, 0.3) is 6.08 Å². The van der Waals surface area contributed by atoms with E-state index in [4.69, 9.17) is 13.8 Å². The van der Waals surface area contributed by atoms with Crippen molar-refractivity contribution in [2.75, 3.05) is 13.7 Å². The van der Waals surface area contributed by atoms with Crippen LogP contribution in [-0.2, 0) is 23.4 Å². The monoisotopic (exact) mass is 535 g/mol. The third-order valence-corrected chi connectivity index (χ3v) is 7.02. The molecule has 1 aliphatic heterocycles. The summed E-state index contributed by atoms with van der Waals surface area (Å²) in [5, 5.41) is 13.1. The van der Waals surface area contributed by atoms with Crippen LogP contribution in [0.1, 0.15) is 32.1 Å². The SMILES string of the molecule is CC=C/C=C/c1cn([C@H]2CC(O)C(COP(=O)(N[C@@H](C)C(=O)OC)Oc3ccccc3)O2)c(=O)[nH]c1=O. The summed E-state index contributed by atoms with van der Waals surface area (Å²) in [6, 6.07) is 7.16. The highest BCUT2D eigenvalue weighted by Crippen LogP contribution is 2.45. The Morgan fingerprint density at radius 3 is 2.73 bits per heavy atom. The van der Waals surface area contributed by atoms with E-state index < -0.39 is 56.0 Å². The third kappa shape index (κ3) is 7.61. The van der Waals surface area contributed by atoms with E-state index in [1.54, 1.807) is 48.6 Å². The van der Waals surface area contributed by atoms with Gasteiger partial charge >= 0.3 is 19.4 Å². The maximum absolute atomic E-state index is 13.5. The first kappa shape index (κ1) is 28.3. The van der Waals surface area contributed by atoms with Crippen molar-refractivity contribution in [3.63, 3.8) is 0 Å². The molecule has 3 rings (SSSR count). The average molecular weight is 535 g/mol. The molecule has 5 atom stereocenters. The molecule has 0 spiro atoms. The lowest BCUT2D eigenvalue weighted by atomic mass is 10.2. The number of H-pyrrole nitrogens is 1. The fourth-order valence-corrected chi connectivity index (χ4v) is 4.99. The topological polar surface area (TPSA) is 158 Å². The molecule has 0 amide bonds. The summed E-state index contributed by atoms with van der Waals surface area (Å²) >= 11 is 0. The smallest absolute Gasteiger partial charge is 0.459 e. The van der Waals surface area contributed by atoms with Gasteiger partial charge in [0.15, 0.2) is 0 Å². The zero-order valence-electron chi connectivity index (χ0n) is 20.6. The predicted molar refractivity (Wildman–Crippen MR) is 135 cm³/mol. The van der Waals surface area contributed by atoms with Gasteiger partial charge in [0.1, 0.15) is 24.1 Å². The molecule has 2 heterocycles. The van der Waals surface area contributed by atoms with Crippen LogP contribution in [0.15, 0.2) is 64.3 Å². The number of benzene rings is 1. The molecule has 1 fully saturated rings. The Bertz CT molecular complexity index is 1290. The van der Waals surface area contributed by atoms with Crippen LogP contribution < -0.4 is 20.9 Å². The molecule has 0 radical (unpaired) electrons. The fourth-order valence-electron chi connectivity index (χ4n) is 3.49. The van der Waals surface area contributed by atoms with Crippen LogP contribution in [0.4, 0.5) is 0 Å². The van der Waals surface area contributed by atoms with E-state index >= 15 is 0 Å². The number of methoxy groups -OCH3 is 1. The third-order valence-electron chi connectivity index (χ3n) is 5.37. The van der Waals surface area contributed by atoms with Gasteiger partial charge in [0.05, 0.1) is 25.4 Å². The Morgan fingerprint density at radius 2 is 2.05 bits per heavy atom. The van der Waals surface area contributed by atoms with E-state index in [2.05, 4.69) is 14.8 Å². The highest BCUT2D eigenvalue weighted by Gasteiger charge is 2.39. The summed E-state index contributed by atoms with van der Waals surface area (Å²) in [6.07, 6.45) is 5.03. The van der Waals surface area contributed by atoms with E-state index in [0.29, 0.717) is 0 Å². The van der Waals surface area contributed by atoms with Crippen LogP contribution >= 0.6 is 7.75 Å². The molecule has 2 aromatic rings. The largest absolute Gasteiger partial charge is 0.468 e. The first-order chi connectivity index (χ1) is 17.7. The summed E-state index contributed by atoms with van der Waals surface area (Å²) in [7, 11) is -2.96. The van der Waals surface area contributed by atoms with Gasteiger partial charge in [-0.1, -0.05) is 36.4 Å². The molecule has 13 heteroatoms. The Morgan fingerprint density at radius 1 is 1.32 bits per heavy atom. The molecule has 0 bridgehead atoms. The number of rotatable bonds is 11. The molecule has 1 aromatic heterocycles. The van der Waals surface area contributed by atoms with E-state index in [-0.39, 0.29) is 17.7 Å². The number of hydrogen-bond acceptors (Lipinski definition) is 9. The van der Waals surface area contributed by atoms with Crippen LogP contribution in [0.3, 0.4) is 0 Å². The molecule has 12 nitrogen and oxygen atoms in total. The first-order valence-electron chi connectivity index (χ1n) is 11.5. The number of carbonyl (C=O) groups excluding carboxylic acids is 1. The maximum atomic E-state index is 13.5. The Balaban J connectivity index is 1.76. The van der Waals surface area contributed by atoms with Crippen molar-refractivity contribution in [3.8, 4) is 5.75 Å². The Hall–Kier alpha value is -3.28. The second kappa shape index (κ2) is 12.8. The van der Waals surface area contributed by atoms with Gasteiger partial charge in [0.25, 0.3) is 5.56 Å². The lowest BCUT2D eigenvalue weighted by molar-refractivity contribution is -0.142. The van der Waals surface area contributed by atoms with E-state index in [1.807, 2.05) is 6.92 Å². The van der Waals surface area contributed by atoms with Crippen molar-refractivity contribution >= 4 is 19.8 Å². The number of aliphatic hydroxyl groups excluding tert-OH is 1. The second-order valence-corrected chi connectivity index (χ2v) is 9.83. The van der Waals surface area contributed by atoms with Gasteiger partial charge in [-0.3, -0.25) is 23.7 Å². The zero-order chi connectivity index (χ0) is 27.0. The van der Waals surface area contributed by atoms with Crippen molar-refractivity contribution in [1.82, 2.24) is 14.6 Å². The lowest BCUT2D eigenvalue weighted by Gasteiger charge is -2.24. The van der Waals surface area contributed by atoms with Crippen molar-refractivity contribution in [2.45, 2.75) is 44.7 Å². The minimum absolute atomic E-state index is 0.00777. The van der Waals surface area contributed by atoms with Crippen molar-refractivity contribution in [3.05, 3.63) is 81.2 Å². The van der Waals surface area contributed by atoms with Crippen LogP contribution in [0.5, 0.6) is 5.75 Å². The number of nitrogens with one attached hydrogen (secondary N) is 2. The van der Waals surface area contributed by atoms with E-state index in [1.165, 1.54) is 26.3 Å². The molecule has 3 N–H and O–H groups in total. The quantitative estimate of drug-likeness (QED) is 0.221. The first-order valence-corrected chi connectivity index (χ1v) is 13.0. The standard InChI is InChI=1S/C24H30N3O9P/c1-4-5-7-10-17-14-27(24(31)25-22(17)29)21-13-19(28)20(35-21)15-34-37(32,26-16(2)23(30)33-3)36-18-11-8-6-9-12-18/h4-12,14,16,19-21,28H,13,15H2,1-3H3,(H,26,32)(H,25,29,31)/b5-4?,10-7+/t16-,19?,20?,21+,37?/m0/s1. The number of ether oxygens (including phenoxy) is 2. The summed E-state index contributed by atoms with van der Waals surface area (Å²) in [5.74, 6) is -0.464. The second-order valence-electron chi connectivity index (χ2n) is 8.14. The van der Waals surface area contributed by atoms with Crippen LogP contribution in [0, 0.1) is 0 Å². The molecular formula is C24H30N3O9P. The van der Waals surface area contributed by atoms with Gasteiger partial charge in [-0.2, -0.15) is 5.09 Å². The van der Waals surface area contributed by atoms with Crippen molar-refractivity contribution in [2.24, 2.45) is 0 Å². The molecule has 200 valence electrons. The predicted octanol–water partition coefficient (Wildman–Crippen LogP) is 2.13. The van der Waals surface area contributed by atoms with Crippen molar-refractivity contribution < 1.29 is 33.0 Å². The van der Waals surface area contributed by atoms with Gasteiger partial charge < -0.3 is 19.1 Å². The Labute approximate surface area is 213 Å². The summed E-state index contributed by atoms with van der Waals surface area (Å²) in [4.78, 5) is 38.6. The summed E-state index contributed by atoms with van der Waals surface area (Å²) < 4.78 is 36.2. The highest BCUT2D eigenvalue weighted by molar-refractivity contribution is 7.52. The summed E-state index contributed by atoms with van der Waals surface area (Å²) in [6.45, 7) is 2.85. The molecule has 0 aliphatic carbocycles. The van der Waals surface area contributed by atoms with Crippen LogP contribution in [0.2, 0.25) is 0 Å². The van der Waals surface area contributed by atoms with Crippen LogP contribution in [-0.4, -0.2) is 52.6 Å². The minimum Gasteiger partial charge on any atom is -0.468 e. The lowest BCUT2D eigenvalue weighted by Crippen LogP contribution is -2.36. The van der Waals surface area contributed by atoms with Gasteiger partial charge in [-0.05, 0) is 32.1 Å². The van der Waals surface area contributed by atoms with Crippen molar-refractivity contribution in [1.29, 1.82) is 0 Å². The van der Waals surface area contributed by atoms with Gasteiger partial charge in [-0.25, -0.2) is 9.36 Å². The molecule has 1 aliphatic rings. The normalized spacial score (nSPS) is 22.2. The highest BCUT2D eigenvalue weighted by atomic mass is 31.2. The number of nitrogens with zero attached hydrogens (tertiary/aromatic N) is 1. The number of allylic oxidation sites excluding steroid dienone is 3. The number of aromatic nitrogens is 2. The van der Waals surface area contributed by atoms with Gasteiger partial charge in [0, 0.05) is 12.6 Å². The van der Waals surface area contributed by atoms with Gasteiger partial charge in [0.2, 0.25) is 0 Å². The number of hydrogen-bond donors (Lipinski definition) is 3. The number of para-hydroxylation sites is 1. The van der Waals surface area contributed by atoms with E-state index in [9.17, 15) is 24.1 Å². The number of esters is 1.